The summed E-state index contributed by atoms with van der Waals surface area (Å²) in [7, 11) is 0. The van der Waals surface area contributed by atoms with Crippen molar-refractivity contribution in [3.05, 3.63) is 34.9 Å². The Kier molecular flexibility index (Phi) is 7.09. The predicted molar refractivity (Wildman–Crippen MR) is 76.9 cm³/mol. The van der Waals surface area contributed by atoms with Crippen molar-refractivity contribution >= 4 is 23.5 Å². The van der Waals surface area contributed by atoms with Crippen molar-refractivity contribution < 1.29 is 19.1 Å². The van der Waals surface area contributed by atoms with Gasteiger partial charge >= 0.3 is 11.9 Å². The van der Waals surface area contributed by atoms with Crippen LogP contribution in [-0.2, 0) is 26.6 Å². The molecule has 0 aromatic heterocycles. The van der Waals surface area contributed by atoms with E-state index in [4.69, 9.17) is 21.1 Å². The van der Waals surface area contributed by atoms with Crippen LogP contribution >= 0.6 is 11.6 Å². The van der Waals surface area contributed by atoms with Crippen LogP contribution < -0.4 is 0 Å². The second-order valence-corrected chi connectivity index (χ2v) is 4.37. The molecule has 0 aliphatic carbocycles. The normalized spacial score (nSPS) is 10.2. The molecule has 20 heavy (non-hydrogen) atoms. The summed E-state index contributed by atoms with van der Waals surface area (Å²) in [5, 5.41) is 0. The number of rotatable bonds is 7. The molecule has 0 fully saturated rings. The van der Waals surface area contributed by atoms with E-state index in [1.807, 2.05) is 6.07 Å². The highest BCUT2D eigenvalue weighted by Gasteiger charge is 2.15. The summed E-state index contributed by atoms with van der Waals surface area (Å²) in [5.74, 6) is -0.441. The van der Waals surface area contributed by atoms with Gasteiger partial charge in [0, 0.05) is 12.3 Å². The van der Waals surface area contributed by atoms with Gasteiger partial charge in [0.2, 0.25) is 0 Å². The van der Waals surface area contributed by atoms with E-state index >= 15 is 0 Å². The Morgan fingerprint density at radius 2 is 1.85 bits per heavy atom. The number of esters is 2. The third kappa shape index (κ3) is 4.53. The van der Waals surface area contributed by atoms with Crippen molar-refractivity contribution in [2.24, 2.45) is 0 Å². The van der Waals surface area contributed by atoms with Gasteiger partial charge < -0.3 is 9.47 Å². The van der Waals surface area contributed by atoms with Crippen LogP contribution in [-0.4, -0.2) is 25.2 Å². The molecule has 110 valence electrons. The fourth-order valence-electron chi connectivity index (χ4n) is 1.90. The van der Waals surface area contributed by atoms with Gasteiger partial charge in [-0.1, -0.05) is 12.1 Å². The van der Waals surface area contributed by atoms with Gasteiger partial charge in [-0.15, -0.1) is 11.6 Å². The molecule has 0 heterocycles. The maximum atomic E-state index is 11.8. The van der Waals surface area contributed by atoms with Crippen LogP contribution in [0.2, 0.25) is 0 Å². The van der Waals surface area contributed by atoms with Crippen molar-refractivity contribution in [1.82, 2.24) is 0 Å². The van der Waals surface area contributed by atoms with E-state index in [1.54, 1.807) is 26.0 Å². The highest BCUT2D eigenvalue weighted by atomic mass is 35.5. The Morgan fingerprint density at radius 1 is 1.15 bits per heavy atom. The molecule has 0 atom stereocenters. The lowest BCUT2D eigenvalue weighted by Gasteiger charge is -2.12. The number of carbonyl (C=O) groups is 2. The molecular formula is C15H19ClO4. The molecule has 0 N–H and O–H groups in total. The molecule has 0 radical (unpaired) electrons. The van der Waals surface area contributed by atoms with E-state index in [0.29, 0.717) is 25.2 Å². The van der Waals surface area contributed by atoms with Gasteiger partial charge in [0.1, 0.15) is 0 Å². The summed E-state index contributed by atoms with van der Waals surface area (Å²) in [6, 6.07) is 5.31. The molecule has 0 unspecified atom stereocenters. The maximum absolute atomic E-state index is 11.8. The molecule has 0 saturated carbocycles. The average molecular weight is 299 g/mol. The van der Waals surface area contributed by atoms with Gasteiger partial charge in [-0.25, -0.2) is 4.79 Å². The van der Waals surface area contributed by atoms with Gasteiger partial charge in [-0.05, 0) is 37.5 Å². The first-order valence-electron chi connectivity index (χ1n) is 6.63. The minimum absolute atomic E-state index is 0.202. The van der Waals surface area contributed by atoms with Crippen LogP contribution in [0.4, 0.5) is 0 Å². The zero-order chi connectivity index (χ0) is 15.0. The quantitative estimate of drug-likeness (QED) is 0.573. The monoisotopic (exact) mass is 298 g/mol. The number of aryl methyl sites for hydroxylation is 1. The average Bonchev–Trinajstić information content (AvgIpc) is 2.45. The first kappa shape index (κ1) is 16.5. The Balaban J connectivity index is 2.88. The van der Waals surface area contributed by atoms with Crippen molar-refractivity contribution in [2.45, 2.75) is 32.6 Å². The minimum Gasteiger partial charge on any atom is -0.466 e. The Hall–Kier alpha value is -1.55. The van der Waals surface area contributed by atoms with Crippen molar-refractivity contribution in [1.29, 1.82) is 0 Å². The molecule has 5 heteroatoms. The number of carbonyl (C=O) groups excluding carboxylic acids is 2. The van der Waals surface area contributed by atoms with Crippen molar-refractivity contribution in [3.63, 3.8) is 0 Å². The molecule has 0 aliphatic rings. The van der Waals surface area contributed by atoms with E-state index in [0.717, 1.165) is 11.1 Å². The molecule has 1 rings (SSSR count). The zero-order valence-electron chi connectivity index (χ0n) is 11.8. The smallest absolute Gasteiger partial charge is 0.338 e. The summed E-state index contributed by atoms with van der Waals surface area (Å²) < 4.78 is 9.89. The molecule has 1 aromatic rings. The molecular weight excluding hydrogens is 280 g/mol. The summed E-state index contributed by atoms with van der Waals surface area (Å²) >= 11 is 5.93. The summed E-state index contributed by atoms with van der Waals surface area (Å²) in [6.45, 7) is 4.20. The second kappa shape index (κ2) is 8.59. The summed E-state index contributed by atoms with van der Waals surface area (Å²) in [5.41, 5.74) is 2.05. The van der Waals surface area contributed by atoms with Crippen LogP contribution in [0.3, 0.4) is 0 Å². The van der Waals surface area contributed by atoms with Crippen LogP contribution in [0.1, 0.15) is 41.8 Å². The van der Waals surface area contributed by atoms with E-state index in [2.05, 4.69) is 0 Å². The summed E-state index contributed by atoms with van der Waals surface area (Å²) in [4.78, 5) is 23.2. The molecule has 1 aromatic carbocycles. The fourth-order valence-corrected chi connectivity index (χ4v) is 2.21. The molecule has 0 aliphatic heterocycles. The zero-order valence-corrected chi connectivity index (χ0v) is 12.5. The highest BCUT2D eigenvalue weighted by molar-refractivity contribution is 6.17. The summed E-state index contributed by atoms with van der Waals surface area (Å²) in [6.07, 6.45) is 0.762. The number of hydrogen-bond acceptors (Lipinski definition) is 4. The highest BCUT2D eigenvalue weighted by Crippen LogP contribution is 2.20. The largest absolute Gasteiger partial charge is 0.466 e. The van der Waals surface area contributed by atoms with Gasteiger partial charge in [-0.3, -0.25) is 4.79 Å². The van der Waals surface area contributed by atoms with Gasteiger partial charge in [0.05, 0.1) is 18.8 Å². The number of benzene rings is 1. The fraction of sp³-hybridized carbons (Fsp3) is 0.467. The maximum Gasteiger partial charge on any atom is 0.338 e. The number of alkyl halides is 1. The van der Waals surface area contributed by atoms with Crippen molar-refractivity contribution in [3.8, 4) is 0 Å². The lowest BCUT2D eigenvalue weighted by molar-refractivity contribution is -0.143. The van der Waals surface area contributed by atoms with Gasteiger partial charge in [0.25, 0.3) is 0 Å². The first-order chi connectivity index (χ1) is 9.63. The lowest BCUT2D eigenvalue weighted by Crippen LogP contribution is -2.11. The van der Waals surface area contributed by atoms with Gasteiger partial charge in [0.15, 0.2) is 0 Å². The minimum atomic E-state index is -0.388. The van der Waals surface area contributed by atoms with Crippen LogP contribution in [0.25, 0.3) is 0 Å². The number of ether oxygens (including phenoxy) is 2. The standard InChI is InChI=1S/C15H19ClO4/c1-3-19-14(17)9-8-11-6-5-7-12(13(11)10-16)15(18)20-4-2/h5-7H,3-4,8-10H2,1-2H3. The molecule has 0 saturated heterocycles. The third-order valence-corrected chi connectivity index (χ3v) is 3.07. The van der Waals surface area contributed by atoms with E-state index in [1.165, 1.54) is 0 Å². The number of halogens is 1. The van der Waals surface area contributed by atoms with E-state index in [9.17, 15) is 9.59 Å². The second-order valence-electron chi connectivity index (χ2n) is 4.10. The van der Waals surface area contributed by atoms with Crippen LogP contribution in [0.15, 0.2) is 18.2 Å². The van der Waals surface area contributed by atoms with Crippen molar-refractivity contribution in [2.75, 3.05) is 13.2 Å². The van der Waals surface area contributed by atoms with Gasteiger partial charge in [-0.2, -0.15) is 0 Å². The molecule has 0 amide bonds. The Bertz CT molecular complexity index is 471. The number of hydrogen-bond donors (Lipinski definition) is 0. The topological polar surface area (TPSA) is 52.6 Å². The predicted octanol–water partition coefficient (Wildman–Crippen LogP) is 3.10. The van der Waals surface area contributed by atoms with Crippen LogP contribution in [0, 0.1) is 0 Å². The SMILES string of the molecule is CCOC(=O)CCc1cccc(C(=O)OCC)c1CCl. The molecule has 0 bridgehead atoms. The third-order valence-electron chi connectivity index (χ3n) is 2.81. The molecule has 4 nitrogen and oxygen atoms in total. The van der Waals surface area contributed by atoms with E-state index < -0.39 is 0 Å². The lowest BCUT2D eigenvalue weighted by atomic mass is 9.99. The Labute approximate surface area is 124 Å². The first-order valence-corrected chi connectivity index (χ1v) is 7.16. The molecule has 0 spiro atoms. The van der Waals surface area contributed by atoms with Crippen LogP contribution in [0.5, 0.6) is 0 Å². The Morgan fingerprint density at radius 3 is 2.45 bits per heavy atom. The van der Waals surface area contributed by atoms with E-state index in [-0.39, 0.29) is 24.2 Å².